The maximum atomic E-state index is 10.8. The molecule has 2 rings (SSSR count). The second kappa shape index (κ2) is 3.25. The molecule has 0 N–H and O–H groups in total. The van der Waals surface area contributed by atoms with Crippen molar-refractivity contribution in [3.63, 3.8) is 0 Å². The predicted molar refractivity (Wildman–Crippen MR) is 52.5 cm³/mol. The molecule has 0 fully saturated rings. The maximum Gasteiger partial charge on any atom is 0.239 e. The van der Waals surface area contributed by atoms with Crippen LogP contribution in [0.25, 0.3) is 11.0 Å². The molecule has 2 aromatic rings. The SMILES string of the molecule is O=S(=O)(Cl)Cc1cc2cnccc2o1. The number of rotatable bonds is 2. The van der Waals surface area contributed by atoms with Crippen LogP contribution in [0.3, 0.4) is 0 Å². The van der Waals surface area contributed by atoms with Gasteiger partial charge in [0.25, 0.3) is 0 Å². The summed E-state index contributed by atoms with van der Waals surface area (Å²) in [6.45, 7) is 0. The molecule has 0 aromatic carbocycles. The number of hydrogen-bond acceptors (Lipinski definition) is 4. The van der Waals surface area contributed by atoms with Crippen LogP contribution in [0.2, 0.25) is 0 Å². The van der Waals surface area contributed by atoms with E-state index in [9.17, 15) is 8.42 Å². The first kappa shape index (κ1) is 9.48. The van der Waals surface area contributed by atoms with Gasteiger partial charge in [-0.15, -0.1) is 0 Å². The molecule has 74 valence electrons. The van der Waals surface area contributed by atoms with Crippen molar-refractivity contribution in [2.24, 2.45) is 0 Å². The fourth-order valence-electron chi connectivity index (χ4n) is 1.18. The van der Waals surface area contributed by atoms with Crippen LogP contribution in [-0.4, -0.2) is 13.4 Å². The average molecular weight is 232 g/mol. The summed E-state index contributed by atoms with van der Waals surface area (Å²) in [5.74, 6) is 0.0199. The first-order valence-electron chi connectivity index (χ1n) is 3.79. The fourth-order valence-corrected chi connectivity index (χ4v) is 1.99. The van der Waals surface area contributed by atoms with E-state index in [2.05, 4.69) is 4.98 Å². The predicted octanol–water partition coefficient (Wildman–Crippen LogP) is 1.90. The number of aromatic nitrogens is 1. The van der Waals surface area contributed by atoms with Gasteiger partial charge >= 0.3 is 0 Å². The Morgan fingerprint density at radius 2 is 2.29 bits per heavy atom. The summed E-state index contributed by atoms with van der Waals surface area (Å²) in [5.41, 5.74) is 0.607. The molecule has 0 spiro atoms. The first-order valence-corrected chi connectivity index (χ1v) is 6.27. The van der Waals surface area contributed by atoms with Crippen molar-refractivity contribution in [1.82, 2.24) is 4.98 Å². The highest BCUT2D eigenvalue weighted by Crippen LogP contribution is 2.20. The summed E-state index contributed by atoms with van der Waals surface area (Å²) in [7, 11) is 1.53. The van der Waals surface area contributed by atoms with Crippen molar-refractivity contribution in [2.45, 2.75) is 5.75 Å². The average Bonchev–Trinajstić information content (AvgIpc) is 2.42. The van der Waals surface area contributed by atoms with E-state index in [4.69, 9.17) is 15.1 Å². The highest BCUT2D eigenvalue weighted by molar-refractivity contribution is 8.13. The van der Waals surface area contributed by atoms with Crippen molar-refractivity contribution in [2.75, 3.05) is 0 Å². The van der Waals surface area contributed by atoms with Gasteiger partial charge in [-0.1, -0.05) is 0 Å². The topological polar surface area (TPSA) is 60.2 Å². The molecule has 0 radical (unpaired) electrons. The lowest BCUT2D eigenvalue weighted by Crippen LogP contribution is -1.92. The maximum absolute atomic E-state index is 10.8. The van der Waals surface area contributed by atoms with E-state index in [1.54, 1.807) is 24.5 Å². The van der Waals surface area contributed by atoms with Crippen LogP contribution in [0.4, 0.5) is 0 Å². The monoisotopic (exact) mass is 231 g/mol. The van der Waals surface area contributed by atoms with Gasteiger partial charge in [-0.25, -0.2) is 8.42 Å². The fraction of sp³-hybridized carbons (Fsp3) is 0.125. The Balaban J connectivity index is 2.46. The summed E-state index contributed by atoms with van der Waals surface area (Å²) in [4.78, 5) is 3.88. The van der Waals surface area contributed by atoms with Crippen molar-refractivity contribution in [1.29, 1.82) is 0 Å². The third kappa shape index (κ3) is 2.05. The third-order valence-corrected chi connectivity index (χ3v) is 2.64. The lowest BCUT2D eigenvalue weighted by atomic mass is 10.3. The molecule has 2 aromatic heterocycles. The molecule has 0 saturated heterocycles. The minimum Gasteiger partial charge on any atom is -0.460 e. The molecular formula is C8H6ClNO3S. The van der Waals surface area contributed by atoms with Gasteiger partial charge in [0.1, 0.15) is 17.1 Å². The van der Waals surface area contributed by atoms with Crippen molar-refractivity contribution < 1.29 is 12.8 Å². The van der Waals surface area contributed by atoms with Gasteiger partial charge in [0.15, 0.2) is 0 Å². The molecule has 0 aliphatic rings. The van der Waals surface area contributed by atoms with Crippen LogP contribution >= 0.6 is 10.7 Å². The van der Waals surface area contributed by atoms with E-state index in [1.807, 2.05) is 0 Å². The first-order chi connectivity index (χ1) is 6.54. The van der Waals surface area contributed by atoms with E-state index in [1.165, 1.54) is 0 Å². The van der Waals surface area contributed by atoms with Crippen LogP contribution in [0.5, 0.6) is 0 Å². The van der Waals surface area contributed by atoms with E-state index < -0.39 is 9.05 Å². The van der Waals surface area contributed by atoms with Gasteiger partial charge in [-0.05, 0) is 12.1 Å². The van der Waals surface area contributed by atoms with Crippen molar-refractivity contribution >= 4 is 30.7 Å². The van der Waals surface area contributed by atoms with E-state index in [0.29, 0.717) is 11.3 Å². The molecule has 0 amide bonds. The smallest absolute Gasteiger partial charge is 0.239 e. The number of pyridine rings is 1. The highest BCUT2D eigenvalue weighted by Gasteiger charge is 2.11. The minimum absolute atomic E-state index is 0.302. The van der Waals surface area contributed by atoms with Gasteiger partial charge in [0, 0.05) is 28.5 Å². The molecule has 0 bridgehead atoms. The zero-order valence-corrected chi connectivity index (χ0v) is 8.55. The molecule has 4 nitrogen and oxygen atoms in total. The van der Waals surface area contributed by atoms with Gasteiger partial charge in [0.05, 0.1) is 0 Å². The zero-order valence-electron chi connectivity index (χ0n) is 6.97. The van der Waals surface area contributed by atoms with Gasteiger partial charge < -0.3 is 4.42 Å². The van der Waals surface area contributed by atoms with Gasteiger partial charge in [-0.2, -0.15) is 0 Å². The summed E-state index contributed by atoms with van der Waals surface area (Å²) < 4.78 is 26.8. The van der Waals surface area contributed by atoms with Crippen LogP contribution in [0.15, 0.2) is 28.9 Å². The number of nitrogens with zero attached hydrogens (tertiary/aromatic N) is 1. The van der Waals surface area contributed by atoms with Gasteiger partial charge in [-0.3, -0.25) is 4.98 Å². The Morgan fingerprint density at radius 1 is 1.50 bits per heavy atom. The molecule has 0 saturated carbocycles. The Kier molecular flexibility index (Phi) is 2.20. The van der Waals surface area contributed by atoms with E-state index in [0.717, 1.165) is 5.39 Å². The van der Waals surface area contributed by atoms with Crippen LogP contribution in [0, 0.1) is 0 Å². The summed E-state index contributed by atoms with van der Waals surface area (Å²) >= 11 is 0. The molecule has 6 heteroatoms. The normalized spacial score (nSPS) is 12.1. The summed E-state index contributed by atoms with van der Waals surface area (Å²) in [6.07, 6.45) is 3.17. The zero-order chi connectivity index (χ0) is 10.2. The van der Waals surface area contributed by atoms with Crippen LogP contribution in [0.1, 0.15) is 5.76 Å². The molecule has 14 heavy (non-hydrogen) atoms. The van der Waals surface area contributed by atoms with E-state index in [-0.39, 0.29) is 5.75 Å². The Labute approximate surface area is 84.9 Å². The Hall–Kier alpha value is -1.07. The molecule has 0 aliphatic heterocycles. The van der Waals surface area contributed by atoms with Gasteiger partial charge in [0.2, 0.25) is 9.05 Å². The highest BCUT2D eigenvalue weighted by atomic mass is 35.7. The quantitative estimate of drug-likeness (QED) is 0.741. The second-order valence-electron chi connectivity index (χ2n) is 2.81. The lowest BCUT2D eigenvalue weighted by molar-refractivity contribution is 0.559. The number of hydrogen-bond donors (Lipinski definition) is 0. The summed E-state index contributed by atoms with van der Waals surface area (Å²) in [6, 6.07) is 3.28. The number of furan rings is 1. The van der Waals surface area contributed by atoms with Crippen molar-refractivity contribution in [3.05, 3.63) is 30.3 Å². The largest absolute Gasteiger partial charge is 0.460 e. The molecule has 2 heterocycles. The number of fused-ring (bicyclic) bond motifs is 1. The Bertz CT molecular complexity index is 528. The van der Waals surface area contributed by atoms with E-state index >= 15 is 0 Å². The van der Waals surface area contributed by atoms with Crippen LogP contribution in [-0.2, 0) is 14.8 Å². The Morgan fingerprint density at radius 3 is 2.93 bits per heavy atom. The third-order valence-electron chi connectivity index (χ3n) is 1.68. The van der Waals surface area contributed by atoms with Crippen molar-refractivity contribution in [3.8, 4) is 0 Å². The lowest BCUT2D eigenvalue weighted by Gasteiger charge is -1.89. The molecule has 0 atom stereocenters. The molecular weight excluding hydrogens is 226 g/mol. The number of halogens is 1. The molecule has 0 unspecified atom stereocenters. The standard InChI is InChI=1S/C8H6ClNO3S/c9-14(11,12)5-7-3-6-4-10-2-1-8(6)13-7/h1-4H,5H2. The molecule has 0 aliphatic carbocycles. The second-order valence-corrected chi connectivity index (χ2v) is 5.59. The minimum atomic E-state index is -3.57. The van der Waals surface area contributed by atoms with Crippen LogP contribution < -0.4 is 0 Å². The summed E-state index contributed by atoms with van der Waals surface area (Å²) in [5, 5.41) is 0.766.